The first-order valence-electron chi connectivity index (χ1n) is 6.55. The van der Waals surface area contributed by atoms with Gasteiger partial charge in [0.15, 0.2) is 0 Å². The van der Waals surface area contributed by atoms with Gasteiger partial charge in [0.1, 0.15) is 12.2 Å². The van der Waals surface area contributed by atoms with Gasteiger partial charge in [0.25, 0.3) is 0 Å². The molecule has 1 unspecified atom stereocenters. The van der Waals surface area contributed by atoms with Crippen LogP contribution in [0.2, 0.25) is 0 Å². The van der Waals surface area contributed by atoms with Crippen molar-refractivity contribution < 1.29 is 14.7 Å². The Hall–Kier alpha value is -2.12. The van der Waals surface area contributed by atoms with Gasteiger partial charge >= 0.3 is 12.0 Å². The van der Waals surface area contributed by atoms with E-state index in [2.05, 4.69) is 25.8 Å². The van der Waals surface area contributed by atoms with Crippen LogP contribution in [0.25, 0.3) is 0 Å². The third kappa shape index (κ3) is 6.72. The van der Waals surface area contributed by atoms with E-state index in [-0.39, 0.29) is 24.9 Å². The van der Waals surface area contributed by atoms with Crippen molar-refractivity contribution in [3.8, 4) is 0 Å². The highest BCUT2D eigenvalue weighted by molar-refractivity contribution is 5.73. The van der Waals surface area contributed by atoms with Gasteiger partial charge < -0.3 is 15.7 Å². The Morgan fingerprint density at radius 2 is 2.15 bits per heavy atom. The molecule has 0 aliphatic carbocycles. The average Bonchev–Trinajstić information content (AvgIpc) is 2.85. The molecule has 1 aromatic rings. The topological polar surface area (TPSA) is 120 Å². The van der Waals surface area contributed by atoms with Crippen LogP contribution in [0.5, 0.6) is 0 Å². The van der Waals surface area contributed by atoms with Crippen molar-refractivity contribution in [3.05, 3.63) is 12.2 Å². The minimum Gasteiger partial charge on any atom is -0.481 e. The monoisotopic (exact) mass is 283 g/mol. The van der Waals surface area contributed by atoms with Gasteiger partial charge in [0, 0.05) is 13.0 Å². The second kappa shape index (κ2) is 8.13. The molecule has 0 spiro atoms. The number of amides is 2. The van der Waals surface area contributed by atoms with Crippen LogP contribution in [0.1, 0.15) is 32.5 Å². The summed E-state index contributed by atoms with van der Waals surface area (Å²) in [7, 11) is 0. The molecule has 0 aromatic carbocycles. The van der Waals surface area contributed by atoms with Crippen LogP contribution in [0.15, 0.2) is 6.33 Å². The molecule has 0 saturated carbocycles. The van der Waals surface area contributed by atoms with Gasteiger partial charge in [-0.3, -0.25) is 9.89 Å². The number of nitrogens with one attached hydrogen (secondary N) is 3. The van der Waals surface area contributed by atoms with Crippen molar-refractivity contribution in [2.75, 3.05) is 6.54 Å². The van der Waals surface area contributed by atoms with Crippen LogP contribution in [0.3, 0.4) is 0 Å². The van der Waals surface area contributed by atoms with Crippen molar-refractivity contribution in [2.24, 2.45) is 11.8 Å². The molecule has 4 N–H and O–H groups in total. The summed E-state index contributed by atoms with van der Waals surface area (Å²) in [5.74, 6) is 0.0332. The Labute approximate surface area is 117 Å². The summed E-state index contributed by atoms with van der Waals surface area (Å²) in [6, 6.07) is -0.347. The van der Waals surface area contributed by atoms with Gasteiger partial charge in [0.05, 0.1) is 6.54 Å². The first-order chi connectivity index (χ1) is 9.47. The molecule has 8 heteroatoms. The fourth-order valence-corrected chi connectivity index (χ4v) is 1.93. The molecular formula is C12H21N5O3. The fourth-order valence-electron chi connectivity index (χ4n) is 1.93. The highest BCUT2D eigenvalue weighted by Gasteiger charge is 2.16. The zero-order valence-corrected chi connectivity index (χ0v) is 11.7. The number of urea groups is 1. The molecule has 1 rings (SSSR count). The molecule has 20 heavy (non-hydrogen) atoms. The van der Waals surface area contributed by atoms with E-state index in [4.69, 9.17) is 5.11 Å². The highest BCUT2D eigenvalue weighted by Crippen LogP contribution is 2.14. The summed E-state index contributed by atoms with van der Waals surface area (Å²) < 4.78 is 0. The van der Waals surface area contributed by atoms with Gasteiger partial charge in [0.2, 0.25) is 0 Å². The maximum atomic E-state index is 11.6. The molecule has 0 aliphatic heterocycles. The summed E-state index contributed by atoms with van der Waals surface area (Å²) >= 11 is 0. The van der Waals surface area contributed by atoms with Crippen LogP contribution in [-0.4, -0.2) is 38.8 Å². The summed E-state index contributed by atoms with van der Waals surface area (Å²) in [6.07, 6.45) is 2.18. The van der Waals surface area contributed by atoms with E-state index >= 15 is 0 Å². The lowest BCUT2D eigenvalue weighted by molar-refractivity contribution is -0.138. The van der Waals surface area contributed by atoms with Crippen LogP contribution in [0, 0.1) is 11.8 Å². The van der Waals surface area contributed by atoms with E-state index in [1.165, 1.54) is 6.33 Å². The predicted octanol–water partition coefficient (Wildman–Crippen LogP) is 0.741. The largest absolute Gasteiger partial charge is 0.481 e. The molecular weight excluding hydrogens is 262 g/mol. The lowest BCUT2D eigenvalue weighted by Crippen LogP contribution is -2.38. The van der Waals surface area contributed by atoms with Crippen LogP contribution >= 0.6 is 0 Å². The summed E-state index contributed by atoms with van der Waals surface area (Å²) in [5, 5.41) is 20.4. The molecule has 0 radical (unpaired) electrons. The smallest absolute Gasteiger partial charge is 0.315 e. The molecule has 1 heterocycles. The van der Waals surface area contributed by atoms with E-state index in [1.807, 2.05) is 13.8 Å². The average molecular weight is 283 g/mol. The third-order valence-corrected chi connectivity index (χ3v) is 2.70. The van der Waals surface area contributed by atoms with Crippen molar-refractivity contribution in [1.29, 1.82) is 0 Å². The molecule has 2 amide bonds. The minimum absolute atomic E-state index is 0.0561. The molecule has 0 saturated heterocycles. The number of carbonyl (C=O) groups excluding carboxylic acids is 1. The number of aromatic amines is 1. The normalized spacial score (nSPS) is 12.2. The van der Waals surface area contributed by atoms with Crippen molar-refractivity contribution in [1.82, 2.24) is 25.8 Å². The number of hydrogen-bond donors (Lipinski definition) is 4. The standard InChI is InChI=1S/C12H21N5O3/c1-8(2)3-9(4-11(18)19)5-13-12(20)14-6-10-15-7-16-17-10/h7-9H,3-6H2,1-2H3,(H,18,19)(H2,13,14,20)(H,15,16,17). The van der Waals surface area contributed by atoms with Crippen molar-refractivity contribution in [3.63, 3.8) is 0 Å². The Morgan fingerprint density at radius 1 is 1.40 bits per heavy atom. The summed E-state index contributed by atoms with van der Waals surface area (Å²) in [4.78, 5) is 26.2. The lowest BCUT2D eigenvalue weighted by atomic mass is 9.94. The molecule has 0 aliphatic rings. The molecule has 1 atom stereocenters. The van der Waals surface area contributed by atoms with Crippen LogP contribution < -0.4 is 10.6 Å². The van der Waals surface area contributed by atoms with Crippen LogP contribution in [-0.2, 0) is 11.3 Å². The number of nitrogens with zero attached hydrogens (tertiary/aromatic N) is 2. The number of carboxylic acids is 1. The Bertz CT molecular complexity index is 419. The first-order valence-corrected chi connectivity index (χ1v) is 6.55. The number of aliphatic carboxylic acids is 1. The minimum atomic E-state index is -0.848. The molecule has 8 nitrogen and oxygen atoms in total. The number of carbonyl (C=O) groups is 2. The lowest BCUT2D eigenvalue weighted by Gasteiger charge is -2.17. The maximum absolute atomic E-state index is 11.6. The number of carboxylic acid groups (broad SMARTS) is 1. The summed E-state index contributed by atoms with van der Waals surface area (Å²) in [5.41, 5.74) is 0. The molecule has 0 fully saturated rings. The van der Waals surface area contributed by atoms with Gasteiger partial charge in [-0.1, -0.05) is 13.8 Å². The van der Waals surface area contributed by atoms with E-state index < -0.39 is 5.97 Å². The van der Waals surface area contributed by atoms with Crippen molar-refractivity contribution in [2.45, 2.75) is 33.2 Å². The van der Waals surface area contributed by atoms with Crippen LogP contribution in [0.4, 0.5) is 4.79 Å². The molecule has 112 valence electrons. The SMILES string of the molecule is CC(C)CC(CNC(=O)NCc1ncn[nH]1)CC(=O)O. The third-order valence-electron chi connectivity index (χ3n) is 2.70. The van der Waals surface area contributed by atoms with Crippen molar-refractivity contribution >= 4 is 12.0 Å². The van der Waals surface area contributed by atoms with E-state index in [1.54, 1.807) is 0 Å². The molecule has 0 bridgehead atoms. The molecule has 1 aromatic heterocycles. The second-order valence-corrected chi connectivity index (χ2v) is 5.09. The number of rotatable bonds is 8. The Kier molecular flexibility index (Phi) is 6.48. The number of H-pyrrole nitrogens is 1. The summed E-state index contributed by atoms with van der Waals surface area (Å²) in [6.45, 7) is 4.64. The number of hydrogen-bond acceptors (Lipinski definition) is 4. The zero-order chi connectivity index (χ0) is 15.0. The van der Waals surface area contributed by atoms with Gasteiger partial charge in [-0.2, -0.15) is 5.10 Å². The fraction of sp³-hybridized carbons (Fsp3) is 0.667. The van der Waals surface area contributed by atoms with E-state index in [0.717, 1.165) is 6.42 Å². The van der Waals surface area contributed by atoms with E-state index in [9.17, 15) is 9.59 Å². The first kappa shape index (κ1) is 15.9. The second-order valence-electron chi connectivity index (χ2n) is 5.09. The quantitative estimate of drug-likeness (QED) is 0.561. The maximum Gasteiger partial charge on any atom is 0.315 e. The Morgan fingerprint density at radius 3 is 2.70 bits per heavy atom. The van der Waals surface area contributed by atoms with Gasteiger partial charge in [-0.25, -0.2) is 9.78 Å². The predicted molar refractivity (Wildman–Crippen MR) is 71.8 cm³/mol. The number of aromatic nitrogens is 3. The van der Waals surface area contributed by atoms with E-state index in [0.29, 0.717) is 18.3 Å². The highest BCUT2D eigenvalue weighted by atomic mass is 16.4. The Balaban J connectivity index is 2.30. The zero-order valence-electron chi connectivity index (χ0n) is 11.7. The van der Waals surface area contributed by atoms with Gasteiger partial charge in [-0.15, -0.1) is 0 Å². The van der Waals surface area contributed by atoms with Gasteiger partial charge in [-0.05, 0) is 18.3 Å².